The maximum Gasteiger partial charge on any atom is 0.260 e. The van der Waals surface area contributed by atoms with E-state index in [4.69, 9.17) is 9.26 Å². The van der Waals surface area contributed by atoms with Crippen molar-refractivity contribution >= 4 is 17.2 Å². The van der Waals surface area contributed by atoms with E-state index in [1.807, 2.05) is 48.0 Å². The summed E-state index contributed by atoms with van der Waals surface area (Å²) >= 11 is 1.59. The summed E-state index contributed by atoms with van der Waals surface area (Å²) in [5.74, 6) is 1.97. The maximum atomic E-state index is 12.2. The predicted octanol–water partition coefficient (Wildman–Crippen LogP) is 3.11. The fraction of sp³-hybridized carbons (Fsp3) is 0.278. The summed E-state index contributed by atoms with van der Waals surface area (Å²) in [6, 6.07) is 9.62. The molecule has 0 bridgehead atoms. The van der Waals surface area contributed by atoms with Gasteiger partial charge < -0.3 is 14.2 Å². The monoisotopic (exact) mass is 355 g/mol. The molecule has 1 amide bonds. The zero-order valence-electron chi connectivity index (χ0n) is 13.7. The second-order valence-corrected chi connectivity index (χ2v) is 6.85. The molecule has 7 heteroatoms. The highest BCUT2D eigenvalue weighted by molar-refractivity contribution is 7.08. The number of amides is 1. The minimum atomic E-state index is -0.0321. The second kappa shape index (κ2) is 6.68. The fourth-order valence-electron chi connectivity index (χ4n) is 2.69. The second-order valence-electron chi connectivity index (χ2n) is 6.07. The Bertz CT molecular complexity index is 869. The molecular weight excluding hydrogens is 338 g/mol. The van der Waals surface area contributed by atoms with Gasteiger partial charge in [-0.15, -0.1) is 0 Å². The van der Waals surface area contributed by atoms with Crippen molar-refractivity contribution in [3.63, 3.8) is 0 Å². The van der Waals surface area contributed by atoms with Gasteiger partial charge in [-0.2, -0.15) is 16.3 Å². The Labute approximate surface area is 149 Å². The Morgan fingerprint density at radius 1 is 1.40 bits per heavy atom. The van der Waals surface area contributed by atoms with Crippen LogP contribution in [0.2, 0.25) is 0 Å². The molecule has 25 heavy (non-hydrogen) atoms. The van der Waals surface area contributed by atoms with E-state index in [0.29, 0.717) is 30.6 Å². The Balaban J connectivity index is 1.29. The molecule has 1 fully saturated rings. The van der Waals surface area contributed by atoms with Gasteiger partial charge in [0.05, 0.1) is 5.92 Å². The number of hydrogen-bond acceptors (Lipinski definition) is 6. The van der Waals surface area contributed by atoms with Crippen LogP contribution in [0.15, 0.2) is 45.6 Å². The summed E-state index contributed by atoms with van der Waals surface area (Å²) in [5, 5.41) is 7.96. The SMILES string of the molecule is Cc1cccc(OCC(=O)N2CC(c3nc(-c4ccsc4)no3)C2)c1. The molecular formula is C18H17N3O3S. The Kier molecular flexibility index (Phi) is 4.23. The van der Waals surface area contributed by atoms with Gasteiger partial charge in [0.1, 0.15) is 5.75 Å². The number of carbonyl (C=O) groups excluding carboxylic acids is 1. The number of benzene rings is 1. The summed E-state index contributed by atoms with van der Waals surface area (Å²) < 4.78 is 10.9. The van der Waals surface area contributed by atoms with Gasteiger partial charge >= 0.3 is 0 Å². The van der Waals surface area contributed by atoms with Gasteiger partial charge in [0, 0.05) is 24.0 Å². The van der Waals surface area contributed by atoms with Gasteiger partial charge in [0.15, 0.2) is 6.61 Å². The minimum Gasteiger partial charge on any atom is -0.484 e. The van der Waals surface area contributed by atoms with E-state index in [0.717, 1.165) is 11.1 Å². The van der Waals surface area contributed by atoms with Gasteiger partial charge in [0.2, 0.25) is 11.7 Å². The molecule has 0 saturated carbocycles. The van der Waals surface area contributed by atoms with Crippen LogP contribution in [0, 0.1) is 6.92 Å². The summed E-state index contributed by atoms with van der Waals surface area (Å²) in [7, 11) is 0. The third-order valence-corrected chi connectivity index (χ3v) is 4.84. The first kappa shape index (κ1) is 15.8. The van der Waals surface area contributed by atoms with Crippen molar-refractivity contribution in [3.8, 4) is 17.1 Å². The van der Waals surface area contributed by atoms with Gasteiger partial charge in [0.25, 0.3) is 5.91 Å². The van der Waals surface area contributed by atoms with Crippen LogP contribution >= 0.6 is 11.3 Å². The lowest BCUT2D eigenvalue weighted by molar-refractivity contribution is -0.138. The molecule has 0 spiro atoms. The predicted molar refractivity (Wildman–Crippen MR) is 93.6 cm³/mol. The molecule has 128 valence electrons. The van der Waals surface area contributed by atoms with Crippen LogP contribution in [0.1, 0.15) is 17.4 Å². The van der Waals surface area contributed by atoms with Crippen LogP contribution in [-0.2, 0) is 4.79 Å². The van der Waals surface area contributed by atoms with Gasteiger partial charge in [-0.3, -0.25) is 4.79 Å². The third-order valence-electron chi connectivity index (χ3n) is 4.16. The molecule has 0 radical (unpaired) electrons. The van der Waals surface area contributed by atoms with E-state index >= 15 is 0 Å². The number of rotatable bonds is 5. The molecule has 3 aromatic rings. The van der Waals surface area contributed by atoms with Crippen molar-refractivity contribution < 1.29 is 14.1 Å². The van der Waals surface area contributed by atoms with Crippen LogP contribution in [0.4, 0.5) is 0 Å². The Morgan fingerprint density at radius 3 is 3.04 bits per heavy atom. The van der Waals surface area contributed by atoms with Gasteiger partial charge in [-0.25, -0.2) is 0 Å². The standard InChI is InChI=1S/C18H17N3O3S/c1-12-3-2-4-15(7-12)23-10-16(22)21-8-14(9-21)18-19-17(20-24-18)13-5-6-25-11-13/h2-7,11,14H,8-10H2,1H3. The number of likely N-dealkylation sites (tertiary alicyclic amines) is 1. The van der Waals surface area contributed by atoms with Crippen molar-refractivity contribution in [3.05, 3.63) is 52.5 Å². The number of thiophene rings is 1. The van der Waals surface area contributed by atoms with E-state index in [-0.39, 0.29) is 18.4 Å². The average Bonchev–Trinajstić information content (AvgIpc) is 3.23. The van der Waals surface area contributed by atoms with Crippen molar-refractivity contribution in [2.75, 3.05) is 19.7 Å². The molecule has 0 atom stereocenters. The maximum absolute atomic E-state index is 12.2. The van der Waals surface area contributed by atoms with E-state index in [2.05, 4.69) is 10.1 Å². The molecule has 0 unspecified atom stereocenters. The van der Waals surface area contributed by atoms with E-state index in [1.54, 1.807) is 16.2 Å². The quantitative estimate of drug-likeness (QED) is 0.703. The average molecular weight is 355 g/mol. The summed E-state index contributed by atoms with van der Waals surface area (Å²) in [6.07, 6.45) is 0. The number of hydrogen-bond donors (Lipinski definition) is 0. The van der Waals surface area contributed by atoms with Crippen LogP contribution in [-0.4, -0.2) is 40.6 Å². The fourth-order valence-corrected chi connectivity index (χ4v) is 3.32. The highest BCUT2D eigenvalue weighted by Crippen LogP contribution is 2.28. The lowest BCUT2D eigenvalue weighted by atomic mass is 10.0. The zero-order valence-corrected chi connectivity index (χ0v) is 14.5. The van der Waals surface area contributed by atoms with Crippen LogP contribution in [0.25, 0.3) is 11.4 Å². The number of nitrogens with zero attached hydrogens (tertiary/aromatic N) is 3. The highest BCUT2D eigenvalue weighted by atomic mass is 32.1. The molecule has 6 nitrogen and oxygen atoms in total. The number of aryl methyl sites for hydroxylation is 1. The van der Waals surface area contributed by atoms with Crippen molar-refractivity contribution in [2.24, 2.45) is 0 Å². The first-order valence-corrected chi connectivity index (χ1v) is 8.97. The molecule has 1 aliphatic rings. The van der Waals surface area contributed by atoms with E-state index in [9.17, 15) is 4.79 Å². The molecule has 1 aliphatic heterocycles. The normalized spacial score (nSPS) is 14.4. The number of aromatic nitrogens is 2. The topological polar surface area (TPSA) is 68.5 Å². The largest absolute Gasteiger partial charge is 0.484 e. The lowest BCUT2D eigenvalue weighted by Gasteiger charge is -2.36. The number of ether oxygens (including phenoxy) is 1. The van der Waals surface area contributed by atoms with Crippen molar-refractivity contribution in [2.45, 2.75) is 12.8 Å². The first-order valence-electron chi connectivity index (χ1n) is 8.02. The first-order chi connectivity index (χ1) is 12.2. The van der Waals surface area contributed by atoms with Gasteiger partial charge in [-0.05, 0) is 36.1 Å². The molecule has 0 aliphatic carbocycles. The Morgan fingerprint density at radius 2 is 2.28 bits per heavy atom. The summed E-state index contributed by atoms with van der Waals surface area (Å²) in [5.41, 5.74) is 2.06. The van der Waals surface area contributed by atoms with E-state index in [1.165, 1.54) is 0 Å². The highest BCUT2D eigenvalue weighted by Gasteiger charge is 2.35. The summed E-state index contributed by atoms with van der Waals surface area (Å²) in [6.45, 7) is 3.20. The van der Waals surface area contributed by atoms with Crippen molar-refractivity contribution in [1.82, 2.24) is 15.0 Å². The molecule has 1 aromatic carbocycles. The molecule has 0 N–H and O–H groups in total. The molecule has 4 rings (SSSR count). The Hall–Kier alpha value is -2.67. The van der Waals surface area contributed by atoms with Crippen LogP contribution < -0.4 is 4.74 Å². The smallest absolute Gasteiger partial charge is 0.260 e. The van der Waals surface area contributed by atoms with Gasteiger partial charge in [-0.1, -0.05) is 17.3 Å². The van der Waals surface area contributed by atoms with Crippen LogP contribution in [0.3, 0.4) is 0 Å². The van der Waals surface area contributed by atoms with E-state index < -0.39 is 0 Å². The molecule has 3 heterocycles. The minimum absolute atomic E-state index is 0.0321. The summed E-state index contributed by atoms with van der Waals surface area (Å²) in [4.78, 5) is 18.4. The van der Waals surface area contributed by atoms with Crippen molar-refractivity contribution in [1.29, 1.82) is 0 Å². The number of carbonyl (C=O) groups is 1. The van der Waals surface area contributed by atoms with Crippen LogP contribution in [0.5, 0.6) is 5.75 Å². The lowest BCUT2D eigenvalue weighted by Crippen LogP contribution is -2.50. The molecule has 2 aromatic heterocycles. The molecule has 1 saturated heterocycles. The zero-order chi connectivity index (χ0) is 17.2. The third kappa shape index (κ3) is 3.41.